The van der Waals surface area contributed by atoms with Crippen molar-refractivity contribution in [3.63, 3.8) is 0 Å². The van der Waals surface area contributed by atoms with Crippen LogP contribution in [0.5, 0.6) is 0 Å². The number of allylic oxidation sites excluding steroid dienone is 2. The lowest BCUT2D eigenvalue weighted by Crippen LogP contribution is -2.67. The zero-order chi connectivity index (χ0) is 72.1. The van der Waals surface area contributed by atoms with Crippen molar-refractivity contribution in [2.45, 2.75) is 302 Å². The third-order valence-electron chi connectivity index (χ3n) is 24.7. The molecule has 3 saturated carbocycles. The molecule has 99 heavy (non-hydrogen) atoms. The molecular formula is C67H108O32. The fraction of sp³-hybridized carbons (Fsp3) is 0.925. The number of cyclic esters (lactones) is 1. The van der Waals surface area contributed by atoms with Gasteiger partial charge in [-0.2, -0.15) is 0 Å². The average Bonchev–Trinajstić information content (AvgIpc) is 1.50. The van der Waals surface area contributed by atoms with Crippen molar-refractivity contribution in [1.82, 2.24) is 0 Å². The van der Waals surface area contributed by atoms with Gasteiger partial charge >= 0.3 is 5.97 Å². The van der Waals surface area contributed by atoms with Gasteiger partial charge in [0.15, 0.2) is 37.7 Å². The number of carbonyl (C=O) groups excluding carboxylic acids is 1. The summed E-state index contributed by atoms with van der Waals surface area (Å²) in [5.41, 5.74) is -1.58. The fourth-order valence-electron chi connectivity index (χ4n) is 19.3. The van der Waals surface area contributed by atoms with Gasteiger partial charge < -0.3 is 153 Å². The number of hydrogen-bond acceptors (Lipinski definition) is 32. The van der Waals surface area contributed by atoms with E-state index >= 15 is 0 Å². The maximum Gasteiger partial charge on any atom is 0.316 e. The number of ether oxygens (including phenoxy) is 15. The normalized spacial score (nSPS) is 52.8. The number of carbonyl (C=O) groups is 1. The molecular weight excluding hydrogens is 1320 g/mol. The lowest BCUT2D eigenvalue weighted by Gasteiger charge is -2.64. The van der Waals surface area contributed by atoms with Gasteiger partial charge in [0.05, 0.1) is 51.3 Å². The maximum atomic E-state index is 14.6. The summed E-state index contributed by atoms with van der Waals surface area (Å²) in [5, 5.41) is 180. The Morgan fingerprint density at radius 1 is 0.525 bits per heavy atom. The maximum absolute atomic E-state index is 14.6. The van der Waals surface area contributed by atoms with Gasteiger partial charge in [-0.15, -0.1) is 6.58 Å². The van der Waals surface area contributed by atoms with Crippen molar-refractivity contribution in [1.29, 1.82) is 0 Å². The smallest absolute Gasteiger partial charge is 0.316 e. The molecule has 0 unspecified atom stereocenters. The largest absolute Gasteiger partial charge is 0.459 e. The van der Waals surface area contributed by atoms with E-state index in [-0.39, 0.29) is 23.7 Å². The topological polar surface area (TPSA) is 479 Å². The minimum Gasteiger partial charge on any atom is -0.459 e. The van der Waals surface area contributed by atoms with Gasteiger partial charge in [-0.1, -0.05) is 44.9 Å². The molecule has 0 aromatic heterocycles. The third kappa shape index (κ3) is 13.4. The van der Waals surface area contributed by atoms with Crippen molar-refractivity contribution >= 4 is 5.97 Å². The van der Waals surface area contributed by atoms with Gasteiger partial charge in [-0.3, -0.25) is 4.79 Å². The molecule has 0 aromatic carbocycles. The molecule has 7 aliphatic heterocycles. The van der Waals surface area contributed by atoms with Crippen LogP contribution >= 0.6 is 0 Å². The molecule has 7 heterocycles. The number of esters is 1. The van der Waals surface area contributed by atoms with E-state index in [1.807, 2.05) is 19.9 Å². The predicted octanol–water partition coefficient (Wildman–Crippen LogP) is -4.11. The summed E-state index contributed by atoms with van der Waals surface area (Å²) in [7, 11) is 2.36. The van der Waals surface area contributed by atoms with Crippen molar-refractivity contribution in [2.75, 3.05) is 47.3 Å². The Kier molecular flexibility index (Phi) is 23.7. The van der Waals surface area contributed by atoms with Crippen LogP contribution in [0.1, 0.15) is 106 Å². The second-order valence-corrected chi connectivity index (χ2v) is 30.7. The lowest BCUT2D eigenvalue weighted by atomic mass is 9.40. The van der Waals surface area contributed by atoms with Crippen LogP contribution in [0, 0.1) is 39.4 Å². The molecule has 7 saturated heterocycles. The summed E-state index contributed by atoms with van der Waals surface area (Å²) in [6.07, 6.45) is -43.0. The van der Waals surface area contributed by atoms with Gasteiger partial charge in [0.1, 0.15) is 145 Å². The van der Waals surface area contributed by atoms with E-state index in [1.54, 1.807) is 0 Å². The fourth-order valence-corrected chi connectivity index (χ4v) is 19.3. The molecule has 38 atom stereocenters. The summed E-state index contributed by atoms with van der Waals surface area (Å²) >= 11 is 0. The van der Waals surface area contributed by atoms with Gasteiger partial charge in [-0.25, -0.2) is 0 Å². The van der Waals surface area contributed by atoms with Gasteiger partial charge in [0.2, 0.25) is 0 Å². The molecule has 11 aliphatic rings. The number of methoxy groups -OCH3 is 2. The van der Waals surface area contributed by atoms with Crippen molar-refractivity contribution in [2.24, 2.45) is 39.4 Å². The Hall–Kier alpha value is -2.25. The molecule has 10 fully saturated rings. The molecule has 11 rings (SSSR count). The monoisotopic (exact) mass is 1420 g/mol. The Morgan fingerprint density at radius 3 is 1.51 bits per heavy atom. The lowest BCUT2D eigenvalue weighted by molar-refractivity contribution is -0.397. The van der Waals surface area contributed by atoms with E-state index in [9.17, 15) is 86.5 Å². The first-order valence-electron chi connectivity index (χ1n) is 34.8. The standard InChI is InChI=1S/C67H108O32/c1-26(2)12-11-17-66(8)36-15-19-65(7)28-13-14-35-63(4,5)38(16-18-64(35,6)29(28)20-37(72)67(36,65)62(84)99-66)94-61-55(43(77)34(25-87-61)93-57-48(82)53(41(75)32(23-70)89-57)96-58-46(80)51(85-9)39(73)30(21-68)90-58)98-56-45(79)44(78)50(27(3)88-56)95-60-49(83)54(42(76)33(24-71)92-60)97-59-47(81)52(86-10)40(74)31(22-69)91-59/h20,27-28,30-61,68-83H,1,11-19,21-25H2,2-10H3/t27-,28-,30-,31-,32-,33-,34-,35+,36-,37+,38+,39-,40-,41-,42-,43+,44-,45-,46-,47-,48-,49-,50-,51+,52+,53+,54+,55-,56+,57+,58+,59+,60+,61+,64-,65+,66+,67+/m1/s1. The first-order valence-corrected chi connectivity index (χ1v) is 34.8. The van der Waals surface area contributed by atoms with Crippen LogP contribution in [0.2, 0.25) is 0 Å². The van der Waals surface area contributed by atoms with Crippen molar-refractivity contribution in [3.05, 3.63) is 23.8 Å². The molecule has 0 bridgehead atoms. The van der Waals surface area contributed by atoms with E-state index in [2.05, 4.69) is 34.3 Å². The summed E-state index contributed by atoms with van der Waals surface area (Å²) in [6, 6.07) is 0. The first kappa shape index (κ1) is 77.8. The van der Waals surface area contributed by atoms with Gasteiger partial charge in [-0.05, 0) is 107 Å². The summed E-state index contributed by atoms with van der Waals surface area (Å²) < 4.78 is 90.2. The SMILES string of the molecule is C=C(C)CCC[C@]1(C)OC(=O)[C@]23[C@@H](O)C=C4[C@@H](CC[C@H]5C(C)(C)[C@@H](O[C@@H]6OC[C@@H](O[C@@H]7O[C@H](CO)[C@@H](O)[C@H](O[C@@H]8O[C@H](CO)[C@@H](O)[C@H](OC)[C@H]8O)[C@H]7O)[C@H](O)[C@H]6O[C@@H]6O[C@H](C)[C@@H](O[C@@H]7O[C@H](CO)[C@@H](O)[C@H](O[C@@H]8O[C@H](CO)[C@@H](O)[C@H](OC)[C@H]8O)[C@H]7O)[C@H](O)[C@H]6O)CC[C@]45C)[C@]2(C)CC[C@@H]31. The second kappa shape index (κ2) is 30.2. The third-order valence-corrected chi connectivity index (χ3v) is 24.7. The van der Waals surface area contributed by atoms with Crippen LogP contribution in [0.3, 0.4) is 0 Å². The number of fused-ring (bicyclic) bond motifs is 4. The van der Waals surface area contributed by atoms with Crippen LogP contribution in [0.25, 0.3) is 0 Å². The van der Waals surface area contributed by atoms with E-state index in [0.29, 0.717) is 32.1 Å². The highest BCUT2D eigenvalue weighted by molar-refractivity contribution is 5.84. The Morgan fingerprint density at radius 2 is 1.00 bits per heavy atom. The number of aliphatic hydroxyl groups is 16. The predicted molar refractivity (Wildman–Crippen MR) is 332 cm³/mol. The molecule has 32 nitrogen and oxygen atoms in total. The number of rotatable bonds is 22. The van der Waals surface area contributed by atoms with E-state index in [1.165, 1.54) is 21.1 Å². The average molecular weight is 1430 g/mol. The van der Waals surface area contributed by atoms with Crippen LogP contribution in [0.15, 0.2) is 23.8 Å². The second-order valence-electron chi connectivity index (χ2n) is 30.7. The Bertz CT molecular complexity index is 2790. The molecule has 0 amide bonds. The van der Waals surface area contributed by atoms with Crippen LogP contribution in [0.4, 0.5) is 0 Å². The zero-order valence-corrected chi connectivity index (χ0v) is 57.5. The van der Waals surface area contributed by atoms with Crippen LogP contribution < -0.4 is 0 Å². The number of aliphatic hydroxyl groups excluding tert-OH is 16. The number of hydrogen-bond donors (Lipinski definition) is 16. The molecule has 0 radical (unpaired) electrons. The van der Waals surface area contributed by atoms with Crippen LogP contribution in [-0.2, 0) is 75.8 Å². The molecule has 32 heteroatoms. The van der Waals surface area contributed by atoms with E-state index < -0.39 is 251 Å². The van der Waals surface area contributed by atoms with E-state index in [4.69, 9.17) is 71.1 Å². The summed E-state index contributed by atoms with van der Waals surface area (Å²) in [6.45, 7) is 14.2. The van der Waals surface area contributed by atoms with Gasteiger partial charge in [0, 0.05) is 20.1 Å². The highest BCUT2D eigenvalue weighted by atomic mass is 16.8. The Balaban J connectivity index is 0.839. The first-order chi connectivity index (χ1) is 46.8. The van der Waals surface area contributed by atoms with Crippen molar-refractivity contribution < 1.29 is 158 Å². The van der Waals surface area contributed by atoms with Crippen molar-refractivity contribution in [3.8, 4) is 0 Å². The van der Waals surface area contributed by atoms with Crippen LogP contribution in [-0.4, -0.2) is 331 Å². The Labute approximate surface area is 574 Å². The molecule has 16 N–H and O–H groups in total. The summed E-state index contributed by atoms with van der Waals surface area (Å²) in [5.74, 6) is -0.690. The minimum absolute atomic E-state index is 0.0512. The molecule has 0 aromatic rings. The highest BCUT2D eigenvalue weighted by Gasteiger charge is 2.79. The highest BCUT2D eigenvalue weighted by Crippen LogP contribution is 2.76. The summed E-state index contributed by atoms with van der Waals surface area (Å²) in [4.78, 5) is 14.6. The molecule has 4 aliphatic carbocycles. The van der Waals surface area contributed by atoms with E-state index in [0.717, 1.165) is 36.8 Å². The quantitative estimate of drug-likeness (QED) is 0.0278. The van der Waals surface area contributed by atoms with Gasteiger partial charge in [0.25, 0.3) is 0 Å². The molecule has 568 valence electrons. The zero-order valence-electron chi connectivity index (χ0n) is 57.5. The molecule has 1 spiro atoms. The minimum atomic E-state index is -2.08.